The van der Waals surface area contributed by atoms with E-state index in [0.717, 1.165) is 47.2 Å². The number of rotatable bonds is 10. The van der Waals surface area contributed by atoms with Gasteiger partial charge in [-0.15, -0.1) is 40.1 Å². The summed E-state index contributed by atoms with van der Waals surface area (Å²) < 4.78 is 2.44. The van der Waals surface area contributed by atoms with Gasteiger partial charge < -0.3 is 5.11 Å². The molecule has 0 fully saturated rings. The molecule has 0 aliphatic heterocycles. The summed E-state index contributed by atoms with van der Waals surface area (Å²) in [4.78, 5) is 21.1. The average molecular weight is 830 g/mol. The summed E-state index contributed by atoms with van der Waals surface area (Å²) in [6, 6.07) is 21.4. The molecular weight excluding hydrogens is 781 g/mol. The van der Waals surface area contributed by atoms with Gasteiger partial charge in [-0.1, -0.05) is 102 Å². The van der Waals surface area contributed by atoms with Crippen molar-refractivity contribution in [3.05, 3.63) is 78.3 Å². The molecule has 2 heterocycles. The number of aliphatic hydroxyl groups excluding tert-OH is 1. The van der Waals surface area contributed by atoms with Gasteiger partial charge in [0.25, 0.3) is 0 Å². The normalized spacial score (nSPS) is 12.2. The minimum absolute atomic E-state index is 0. The number of aromatic nitrogens is 2. The molecule has 247 valence electrons. The first-order valence-corrected chi connectivity index (χ1v) is 20.8. The van der Waals surface area contributed by atoms with Crippen LogP contribution in [-0.4, -0.2) is 28.9 Å². The van der Waals surface area contributed by atoms with Gasteiger partial charge in [-0.2, -0.15) is 0 Å². The second-order valence-corrected chi connectivity index (χ2v) is 19.4. The maximum atomic E-state index is 11.7. The van der Waals surface area contributed by atoms with Crippen molar-refractivity contribution in [3.63, 3.8) is 0 Å². The zero-order valence-corrected chi connectivity index (χ0v) is 33.0. The Balaban J connectivity index is 0.000000309. The molecule has 0 saturated carbocycles. The van der Waals surface area contributed by atoms with Crippen LogP contribution >= 0.6 is 11.3 Å². The van der Waals surface area contributed by atoms with Crippen LogP contribution in [0.15, 0.2) is 66.7 Å². The van der Waals surface area contributed by atoms with E-state index in [-0.39, 0.29) is 43.5 Å². The van der Waals surface area contributed by atoms with Crippen LogP contribution in [0.4, 0.5) is 0 Å². The molecule has 0 atom stereocenters. The van der Waals surface area contributed by atoms with Crippen molar-refractivity contribution < 1.29 is 30.0 Å². The van der Waals surface area contributed by atoms with Crippen LogP contribution in [0.25, 0.3) is 42.3 Å². The Hall–Kier alpha value is -2.70. The fourth-order valence-electron chi connectivity index (χ4n) is 5.90. The number of hydrogen-bond acceptors (Lipinski definition) is 5. The van der Waals surface area contributed by atoms with Gasteiger partial charge in [-0.25, -0.2) is 4.98 Å². The van der Waals surface area contributed by atoms with Crippen LogP contribution in [0.3, 0.4) is 0 Å². The molecule has 2 aromatic heterocycles. The third-order valence-corrected chi connectivity index (χ3v) is 12.0. The molecule has 0 saturated heterocycles. The molecule has 0 spiro atoms. The van der Waals surface area contributed by atoms with Gasteiger partial charge in [0, 0.05) is 58.5 Å². The number of aliphatic hydroxyl groups is 1. The summed E-state index contributed by atoms with van der Waals surface area (Å²) in [6.07, 6.45) is 6.61. The summed E-state index contributed by atoms with van der Waals surface area (Å²) >= 11 is 1.80. The van der Waals surface area contributed by atoms with E-state index in [2.05, 4.69) is 93.1 Å². The van der Waals surface area contributed by atoms with E-state index in [1.165, 1.54) is 37.7 Å². The Morgan fingerprint density at radius 3 is 2.17 bits per heavy atom. The minimum Gasteiger partial charge on any atom is -0.512 e. The maximum absolute atomic E-state index is 11.7. The largest absolute Gasteiger partial charge is 0.512 e. The number of hydrogen-bond donors (Lipinski definition) is 1. The fourth-order valence-corrected chi connectivity index (χ4v) is 8.71. The summed E-state index contributed by atoms with van der Waals surface area (Å²) in [5, 5.41) is 14.9. The predicted octanol–water partition coefficient (Wildman–Crippen LogP) is 11.0. The van der Waals surface area contributed by atoms with Crippen molar-refractivity contribution in [2.24, 2.45) is 11.8 Å². The first kappa shape index (κ1) is 37.8. The quantitative estimate of drug-likeness (QED) is 0.0659. The van der Waals surface area contributed by atoms with Crippen LogP contribution < -0.4 is 5.19 Å². The van der Waals surface area contributed by atoms with Gasteiger partial charge in [0.2, 0.25) is 0 Å². The fraction of sp³-hybridized carbons (Fsp3) is 0.410. The second-order valence-electron chi connectivity index (χ2n) is 13.3. The van der Waals surface area contributed by atoms with Crippen LogP contribution in [0.2, 0.25) is 19.6 Å². The summed E-state index contributed by atoms with van der Waals surface area (Å²) in [5.74, 6) is 1.06. The third-order valence-electron chi connectivity index (χ3n) is 8.86. The summed E-state index contributed by atoms with van der Waals surface area (Å²) in [6.45, 7) is 19.8. The minimum atomic E-state index is -1.54. The molecule has 1 N–H and O–H groups in total. The van der Waals surface area contributed by atoms with Crippen LogP contribution in [0, 0.1) is 17.9 Å². The van der Waals surface area contributed by atoms with E-state index in [0.29, 0.717) is 5.92 Å². The first-order valence-electron chi connectivity index (χ1n) is 16.5. The molecule has 46 heavy (non-hydrogen) atoms. The van der Waals surface area contributed by atoms with Crippen molar-refractivity contribution in [1.82, 2.24) is 9.97 Å². The van der Waals surface area contributed by atoms with E-state index in [4.69, 9.17) is 4.98 Å². The van der Waals surface area contributed by atoms with Crippen molar-refractivity contribution >= 4 is 61.5 Å². The van der Waals surface area contributed by atoms with Crippen molar-refractivity contribution in [2.75, 3.05) is 0 Å². The predicted molar refractivity (Wildman–Crippen MR) is 198 cm³/mol. The molecule has 0 aliphatic rings. The molecule has 0 bridgehead atoms. The van der Waals surface area contributed by atoms with Crippen LogP contribution in [0.5, 0.6) is 0 Å². The van der Waals surface area contributed by atoms with Gasteiger partial charge in [-0.3, -0.25) is 9.78 Å². The van der Waals surface area contributed by atoms with Gasteiger partial charge in [-0.05, 0) is 43.2 Å². The molecular formula is C39H49IrN2O2SSi-. The van der Waals surface area contributed by atoms with Gasteiger partial charge in [0.15, 0.2) is 5.78 Å². The average Bonchev–Trinajstić information content (AvgIpc) is 3.39. The van der Waals surface area contributed by atoms with E-state index < -0.39 is 8.07 Å². The zero-order valence-electron chi connectivity index (χ0n) is 28.8. The number of nitrogens with zero attached hydrogens (tertiary/aromatic N) is 2. The summed E-state index contributed by atoms with van der Waals surface area (Å²) in [5.41, 5.74) is 4.49. The zero-order chi connectivity index (χ0) is 32.9. The Morgan fingerprint density at radius 1 is 0.913 bits per heavy atom. The number of carbonyl (C=O) groups excluding carboxylic acids is 1. The third kappa shape index (κ3) is 8.41. The smallest absolute Gasteiger partial charge is 0.162 e. The number of ketones is 1. The molecule has 5 rings (SSSR count). The standard InChI is InChI=1S/C26H25N2SSi.C13H24O2.Ir/c1-16(2)17-10-11-21-22(13-17)29-26-24(27-15-28-25(21)26)19-12-18-8-6-7-9-20(18)23(14-19)30(3,4)5;1-5-10(6-2)12(14)9-13(15)11(7-3)8-4;/h6-11,13-16H,1-5H3;9-11,14H,5-8H2,1-4H3;/q-1;;/b;12-9-;. The maximum Gasteiger partial charge on any atom is 0.162 e. The monoisotopic (exact) mass is 830 g/mol. The molecule has 0 amide bonds. The molecule has 0 unspecified atom stereocenters. The van der Waals surface area contributed by atoms with Crippen LogP contribution in [-0.2, 0) is 24.9 Å². The Morgan fingerprint density at radius 2 is 1.57 bits per heavy atom. The number of benzene rings is 3. The van der Waals surface area contributed by atoms with Crippen molar-refractivity contribution in [3.8, 4) is 11.3 Å². The first-order chi connectivity index (χ1) is 21.4. The Kier molecular flexibility index (Phi) is 13.5. The van der Waals surface area contributed by atoms with Gasteiger partial charge in [0.1, 0.15) is 6.33 Å². The number of carbonyl (C=O) groups is 1. The number of fused-ring (bicyclic) bond motifs is 4. The Bertz CT molecular complexity index is 1810. The molecule has 1 radical (unpaired) electrons. The van der Waals surface area contributed by atoms with E-state index >= 15 is 0 Å². The topological polar surface area (TPSA) is 63.1 Å². The van der Waals surface area contributed by atoms with Crippen LogP contribution in [0.1, 0.15) is 78.7 Å². The van der Waals surface area contributed by atoms with E-state index in [9.17, 15) is 9.90 Å². The number of allylic oxidation sites excluding steroid dienone is 2. The Labute approximate surface area is 294 Å². The molecule has 0 aliphatic carbocycles. The molecule has 5 aromatic rings. The van der Waals surface area contributed by atoms with E-state index in [1.54, 1.807) is 17.7 Å². The SMILES string of the molecule is CC(C)c1ccc2c(c1)sc1c(-c3[c-]c4ccccc4c([Si](C)(C)C)c3)ncnc12.CCC(CC)C(=O)/C=C(\O)C(CC)CC.[Ir]. The second kappa shape index (κ2) is 16.4. The molecule has 4 nitrogen and oxygen atoms in total. The van der Waals surface area contributed by atoms with E-state index in [1.807, 2.05) is 27.7 Å². The van der Waals surface area contributed by atoms with Gasteiger partial charge >= 0.3 is 0 Å². The molecule has 7 heteroatoms. The number of thiophene rings is 1. The van der Waals surface area contributed by atoms with Crippen molar-refractivity contribution in [2.45, 2.75) is 92.8 Å². The molecule has 3 aromatic carbocycles. The summed E-state index contributed by atoms with van der Waals surface area (Å²) in [7, 11) is -1.54. The van der Waals surface area contributed by atoms with Crippen molar-refractivity contribution in [1.29, 1.82) is 0 Å². The van der Waals surface area contributed by atoms with Gasteiger partial charge in [0.05, 0.1) is 19.3 Å².